The molecule has 0 atom stereocenters. The summed E-state index contributed by atoms with van der Waals surface area (Å²) < 4.78 is 40.1. The van der Waals surface area contributed by atoms with Gasteiger partial charge < -0.3 is 5.73 Å². The molecule has 6 nitrogen and oxygen atoms in total. The van der Waals surface area contributed by atoms with Crippen LogP contribution in [0.3, 0.4) is 0 Å². The third-order valence-corrected chi connectivity index (χ3v) is 5.22. The molecule has 0 spiro atoms. The summed E-state index contributed by atoms with van der Waals surface area (Å²) in [5, 5.41) is 4.05. The Kier molecular flexibility index (Phi) is 6.27. The maximum atomic E-state index is 13.0. The lowest BCUT2D eigenvalue weighted by Crippen LogP contribution is -2.14. The molecule has 0 fully saturated rings. The number of thioether (sulfide) groups is 1. The summed E-state index contributed by atoms with van der Waals surface area (Å²) in [4.78, 5) is 20.6. The van der Waals surface area contributed by atoms with E-state index in [-0.39, 0.29) is 34.7 Å². The minimum atomic E-state index is -4.68. The number of aryl methyl sites for hydroxylation is 1. The summed E-state index contributed by atoms with van der Waals surface area (Å²) in [7, 11) is 0. The molecule has 3 aromatic heterocycles. The molecule has 0 amide bonds. The van der Waals surface area contributed by atoms with Gasteiger partial charge in [0.15, 0.2) is 16.6 Å². The van der Waals surface area contributed by atoms with Crippen molar-refractivity contribution in [1.29, 1.82) is 0 Å². The summed E-state index contributed by atoms with van der Waals surface area (Å²) in [5.41, 5.74) is 6.05. The van der Waals surface area contributed by atoms with Crippen LogP contribution in [-0.2, 0) is 12.7 Å². The Hall–Kier alpha value is -1.69. The van der Waals surface area contributed by atoms with E-state index in [9.17, 15) is 18.0 Å². The Morgan fingerprint density at radius 3 is 2.69 bits per heavy atom. The number of rotatable bonds is 5. The highest BCUT2D eigenvalue weighted by atomic mass is 35.5. The number of hydrogen-bond acceptors (Lipinski definition) is 7. The average molecular weight is 424 g/mol. The molecule has 0 bridgehead atoms. The van der Waals surface area contributed by atoms with E-state index >= 15 is 0 Å². The van der Waals surface area contributed by atoms with E-state index in [2.05, 4.69) is 15.1 Å². The molecule has 12 heteroatoms. The molecule has 3 rings (SSSR count). The first kappa shape index (κ1) is 20.6. The van der Waals surface area contributed by atoms with Crippen molar-refractivity contribution in [2.45, 2.75) is 24.8 Å². The van der Waals surface area contributed by atoms with Gasteiger partial charge in [-0.1, -0.05) is 11.8 Å². The van der Waals surface area contributed by atoms with Crippen molar-refractivity contribution in [3.05, 3.63) is 39.5 Å². The third kappa shape index (κ3) is 4.34. The van der Waals surface area contributed by atoms with E-state index in [1.807, 2.05) is 0 Å². The lowest BCUT2D eigenvalue weighted by atomic mass is 10.3. The SMILES string of the molecule is Cc1cc2nc(C(F)(F)F)nc(SCC(=O)c3ccc(CN)s3)n2n1.Cl. The molecule has 3 heterocycles. The molecule has 140 valence electrons. The molecule has 0 unspecified atom stereocenters. The number of halogens is 4. The van der Waals surface area contributed by atoms with Crippen molar-refractivity contribution in [2.75, 3.05) is 5.75 Å². The van der Waals surface area contributed by atoms with Crippen molar-refractivity contribution in [3.8, 4) is 0 Å². The molecule has 0 aliphatic heterocycles. The second-order valence-corrected chi connectivity index (χ2v) is 7.18. The van der Waals surface area contributed by atoms with Gasteiger partial charge >= 0.3 is 6.18 Å². The van der Waals surface area contributed by atoms with Crippen LogP contribution < -0.4 is 5.73 Å². The predicted octanol–water partition coefficient (Wildman–Crippen LogP) is 3.37. The van der Waals surface area contributed by atoms with Gasteiger partial charge in [-0.3, -0.25) is 4.79 Å². The minimum absolute atomic E-state index is 0. The number of carbonyl (C=O) groups is 1. The highest BCUT2D eigenvalue weighted by Gasteiger charge is 2.36. The molecule has 0 radical (unpaired) electrons. The van der Waals surface area contributed by atoms with Crippen LogP contribution in [0.15, 0.2) is 23.4 Å². The Morgan fingerprint density at radius 2 is 2.08 bits per heavy atom. The van der Waals surface area contributed by atoms with Crippen molar-refractivity contribution < 1.29 is 18.0 Å². The van der Waals surface area contributed by atoms with Crippen molar-refractivity contribution in [3.63, 3.8) is 0 Å². The molecular weight excluding hydrogens is 411 g/mol. The van der Waals surface area contributed by atoms with Crippen LogP contribution in [-0.4, -0.2) is 31.1 Å². The summed E-state index contributed by atoms with van der Waals surface area (Å²) in [5.74, 6) is -1.53. The predicted molar refractivity (Wildman–Crippen MR) is 95.0 cm³/mol. The van der Waals surface area contributed by atoms with E-state index in [1.165, 1.54) is 21.9 Å². The molecule has 0 aliphatic rings. The lowest BCUT2D eigenvalue weighted by Gasteiger charge is -2.08. The molecule has 0 aliphatic carbocycles. The van der Waals surface area contributed by atoms with E-state index in [0.29, 0.717) is 17.1 Å². The largest absolute Gasteiger partial charge is 0.451 e. The number of aromatic nitrogens is 4. The van der Waals surface area contributed by atoms with Gasteiger partial charge in [0.25, 0.3) is 0 Å². The lowest BCUT2D eigenvalue weighted by molar-refractivity contribution is -0.145. The first-order valence-electron chi connectivity index (χ1n) is 7.04. The van der Waals surface area contributed by atoms with Crippen LogP contribution >= 0.6 is 35.5 Å². The smallest absolute Gasteiger partial charge is 0.326 e. The number of ketones is 1. The normalized spacial score (nSPS) is 11.6. The zero-order valence-electron chi connectivity index (χ0n) is 13.3. The molecule has 0 saturated carbocycles. The van der Waals surface area contributed by atoms with E-state index in [4.69, 9.17) is 5.73 Å². The van der Waals surface area contributed by atoms with Gasteiger partial charge in [0.1, 0.15) is 0 Å². The van der Waals surface area contributed by atoms with Crippen LogP contribution in [0.5, 0.6) is 0 Å². The first-order chi connectivity index (χ1) is 11.8. The number of alkyl halides is 3. The molecular formula is C14H13ClF3N5OS2. The van der Waals surface area contributed by atoms with Gasteiger partial charge in [-0.2, -0.15) is 27.8 Å². The number of carbonyl (C=O) groups excluding carboxylic acids is 1. The fourth-order valence-corrected chi connectivity index (χ4v) is 3.78. The van der Waals surface area contributed by atoms with Crippen LogP contribution in [0.25, 0.3) is 5.65 Å². The number of Topliss-reactive ketones (excluding diaryl/α,β-unsaturated/α-hetero) is 1. The van der Waals surface area contributed by atoms with Crippen LogP contribution in [0, 0.1) is 6.92 Å². The molecule has 3 aromatic rings. The van der Waals surface area contributed by atoms with Gasteiger partial charge in [0.05, 0.1) is 16.3 Å². The minimum Gasteiger partial charge on any atom is -0.326 e. The summed E-state index contributed by atoms with van der Waals surface area (Å²) in [6.45, 7) is 1.97. The van der Waals surface area contributed by atoms with E-state index in [0.717, 1.165) is 16.6 Å². The fourth-order valence-electron chi connectivity index (χ4n) is 2.04. The van der Waals surface area contributed by atoms with Gasteiger partial charge in [0, 0.05) is 17.5 Å². The number of nitrogens with two attached hydrogens (primary N) is 1. The number of hydrogen-bond donors (Lipinski definition) is 1. The number of nitrogens with zero attached hydrogens (tertiary/aromatic N) is 4. The van der Waals surface area contributed by atoms with E-state index in [1.54, 1.807) is 19.1 Å². The quantitative estimate of drug-likeness (QED) is 0.500. The van der Waals surface area contributed by atoms with Crippen molar-refractivity contribution in [2.24, 2.45) is 5.73 Å². The molecule has 0 saturated heterocycles. The zero-order chi connectivity index (χ0) is 18.2. The Morgan fingerprint density at radius 1 is 1.35 bits per heavy atom. The first-order valence-corrected chi connectivity index (χ1v) is 8.84. The van der Waals surface area contributed by atoms with E-state index < -0.39 is 12.0 Å². The fraction of sp³-hybridized carbons (Fsp3) is 0.286. The highest BCUT2D eigenvalue weighted by molar-refractivity contribution is 7.99. The van der Waals surface area contributed by atoms with Crippen molar-refractivity contribution in [1.82, 2.24) is 19.6 Å². The molecule has 26 heavy (non-hydrogen) atoms. The summed E-state index contributed by atoms with van der Waals surface area (Å²) in [6.07, 6.45) is -4.68. The van der Waals surface area contributed by atoms with Crippen molar-refractivity contribution >= 4 is 46.9 Å². The third-order valence-electron chi connectivity index (χ3n) is 3.14. The molecule has 0 aromatic carbocycles. The molecule has 2 N–H and O–H groups in total. The maximum Gasteiger partial charge on any atom is 0.451 e. The van der Waals surface area contributed by atoms with Crippen LogP contribution in [0.4, 0.5) is 13.2 Å². The topological polar surface area (TPSA) is 86.2 Å². The Balaban J connectivity index is 0.00000243. The Bertz CT molecular complexity index is 940. The van der Waals surface area contributed by atoms with Gasteiger partial charge in [-0.15, -0.1) is 23.7 Å². The summed E-state index contributed by atoms with van der Waals surface area (Å²) >= 11 is 2.16. The zero-order valence-corrected chi connectivity index (χ0v) is 15.7. The van der Waals surface area contributed by atoms with Gasteiger partial charge in [0.2, 0.25) is 5.82 Å². The van der Waals surface area contributed by atoms with Gasteiger partial charge in [-0.25, -0.2) is 4.98 Å². The maximum absolute atomic E-state index is 13.0. The monoisotopic (exact) mass is 423 g/mol. The summed E-state index contributed by atoms with van der Waals surface area (Å²) in [6, 6.07) is 4.84. The van der Waals surface area contributed by atoms with Crippen LogP contribution in [0.1, 0.15) is 26.1 Å². The average Bonchev–Trinajstić information content (AvgIpc) is 3.16. The second kappa shape index (κ2) is 7.91. The number of fused-ring (bicyclic) bond motifs is 1. The standard InChI is InChI=1S/C14H12F3N5OS2.ClH/c1-7-4-11-19-12(14(15,16)17)20-13(22(11)21-7)24-6-9(23)10-3-2-8(5-18)25-10;/h2-4H,5-6,18H2,1H3;1H. The Labute approximate surface area is 160 Å². The second-order valence-electron chi connectivity index (χ2n) is 5.07. The van der Waals surface area contributed by atoms with Gasteiger partial charge in [-0.05, 0) is 19.1 Å². The number of thiophene rings is 1. The van der Waals surface area contributed by atoms with Crippen LogP contribution in [0.2, 0.25) is 0 Å². The highest BCUT2D eigenvalue weighted by Crippen LogP contribution is 2.29.